The molecule has 0 saturated carbocycles. The van der Waals surface area contributed by atoms with Crippen molar-refractivity contribution >= 4 is 5.69 Å². The zero-order valence-corrected chi connectivity index (χ0v) is 4.16. The van der Waals surface area contributed by atoms with Crippen molar-refractivity contribution in [3.8, 4) is 0 Å². The summed E-state index contributed by atoms with van der Waals surface area (Å²) in [5.74, 6) is 0. The fourth-order valence-corrected chi connectivity index (χ4v) is 0.439. The maximum Gasteiger partial charge on any atom is 0.108 e. The van der Waals surface area contributed by atoms with Crippen molar-refractivity contribution < 1.29 is 0 Å². The zero-order chi connectivity index (χ0) is 5.82. The normalized spacial score (nSPS) is 8.50. The van der Waals surface area contributed by atoms with Gasteiger partial charge in [-0.05, 0) is 23.4 Å². The Labute approximate surface area is 47.1 Å². The molecule has 39 valence electrons. The van der Waals surface area contributed by atoms with E-state index in [0.717, 1.165) is 0 Å². The Hall–Kier alpha value is -1.18. The Balaban J connectivity index is 2.99. The van der Waals surface area contributed by atoms with Crippen molar-refractivity contribution in [2.75, 3.05) is 0 Å². The molecule has 0 aliphatic heterocycles. The highest BCUT2D eigenvalue weighted by Gasteiger charge is 1.81. The maximum atomic E-state index is 9.74. The van der Waals surface area contributed by atoms with Gasteiger partial charge in [-0.1, -0.05) is 12.1 Å². The summed E-state index contributed by atoms with van der Waals surface area (Å²) in [4.78, 5) is 9.74. The van der Waals surface area contributed by atoms with E-state index in [-0.39, 0.29) is 0 Å². The van der Waals surface area contributed by atoms with Gasteiger partial charge < -0.3 is 0 Å². The molecule has 0 amide bonds. The van der Waals surface area contributed by atoms with E-state index >= 15 is 0 Å². The largest absolute Gasteiger partial charge is 0.145 e. The predicted octanol–water partition coefficient (Wildman–Crippen LogP) is 1.88. The molecule has 0 unspecified atom stereocenters. The van der Waals surface area contributed by atoms with Crippen molar-refractivity contribution in [2.45, 2.75) is 0 Å². The van der Waals surface area contributed by atoms with Gasteiger partial charge in [-0.3, -0.25) is 0 Å². The first-order chi connectivity index (χ1) is 3.93. The quantitative estimate of drug-likeness (QED) is 0.502. The summed E-state index contributed by atoms with van der Waals surface area (Å²) in [5.41, 5.74) is 0.448. The standard InChI is InChI=1S/C6H4NO/c8-7-6-4-2-1-3-5-6/h2-5H. The van der Waals surface area contributed by atoms with Crippen molar-refractivity contribution in [3.05, 3.63) is 35.2 Å². The third kappa shape index (κ3) is 0.904. The Morgan fingerprint density at radius 3 is 2.38 bits per heavy atom. The van der Waals surface area contributed by atoms with Crippen LogP contribution in [-0.2, 0) is 0 Å². The molecule has 1 aromatic rings. The van der Waals surface area contributed by atoms with E-state index in [0.29, 0.717) is 5.69 Å². The molecule has 8 heavy (non-hydrogen) atoms. The zero-order valence-electron chi connectivity index (χ0n) is 4.16. The van der Waals surface area contributed by atoms with Crippen LogP contribution in [0.1, 0.15) is 0 Å². The molecular formula is C6H4NO. The molecule has 0 bridgehead atoms. The second kappa shape index (κ2) is 2.21. The van der Waals surface area contributed by atoms with Crippen LogP contribution in [0.2, 0.25) is 0 Å². The minimum Gasteiger partial charge on any atom is -0.145 e. The van der Waals surface area contributed by atoms with Gasteiger partial charge in [0.1, 0.15) is 5.69 Å². The van der Waals surface area contributed by atoms with Crippen molar-refractivity contribution in [3.63, 3.8) is 0 Å². The highest BCUT2D eigenvalue weighted by Crippen LogP contribution is 2.06. The Bertz CT molecular complexity index is 171. The molecule has 1 aromatic carbocycles. The van der Waals surface area contributed by atoms with Gasteiger partial charge in [0.25, 0.3) is 0 Å². The van der Waals surface area contributed by atoms with E-state index in [9.17, 15) is 4.91 Å². The van der Waals surface area contributed by atoms with Gasteiger partial charge in [-0.15, -0.1) is 4.91 Å². The van der Waals surface area contributed by atoms with Crippen molar-refractivity contribution in [1.82, 2.24) is 0 Å². The number of benzene rings is 1. The van der Waals surface area contributed by atoms with Gasteiger partial charge in [-0.2, -0.15) is 0 Å². The fraction of sp³-hybridized carbons (Fsp3) is 0. The number of rotatable bonds is 1. The van der Waals surface area contributed by atoms with Gasteiger partial charge >= 0.3 is 0 Å². The molecule has 2 heteroatoms. The molecule has 0 N–H and O–H groups in total. The van der Waals surface area contributed by atoms with Gasteiger partial charge in [-0.25, -0.2) is 0 Å². The van der Waals surface area contributed by atoms with Gasteiger partial charge in [0.2, 0.25) is 0 Å². The third-order valence-electron chi connectivity index (χ3n) is 0.806. The minimum atomic E-state index is 0.448. The van der Waals surface area contributed by atoms with Crippen LogP contribution in [0.15, 0.2) is 29.4 Å². The topological polar surface area (TPSA) is 29.4 Å². The third-order valence-corrected chi connectivity index (χ3v) is 0.806. The first kappa shape index (κ1) is 4.97. The lowest BCUT2D eigenvalue weighted by atomic mass is 10.3. The monoisotopic (exact) mass is 106 g/mol. The number of nitrogens with zero attached hydrogens (tertiary/aromatic N) is 1. The van der Waals surface area contributed by atoms with Gasteiger partial charge in [0.05, 0.1) is 0 Å². The van der Waals surface area contributed by atoms with Gasteiger partial charge in [0, 0.05) is 0 Å². The molecule has 2 nitrogen and oxygen atoms in total. The molecule has 0 atom stereocenters. The molecule has 1 radical (unpaired) electrons. The van der Waals surface area contributed by atoms with E-state index in [4.69, 9.17) is 0 Å². The number of hydrogen-bond acceptors (Lipinski definition) is 2. The summed E-state index contributed by atoms with van der Waals surface area (Å²) >= 11 is 0. The summed E-state index contributed by atoms with van der Waals surface area (Å²) in [6, 6.07) is 9.28. The second-order valence-electron chi connectivity index (χ2n) is 1.35. The molecule has 0 saturated heterocycles. The van der Waals surface area contributed by atoms with Crippen LogP contribution in [0.5, 0.6) is 0 Å². The molecule has 0 heterocycles. The van der Waals surface area contributed by atoms with Crippen LogP contribution in [0.25, 0.3) is 0 Å². The van der Waals surface area contributed by atoms with Crippen LogP contribution >= 0.6 is 0 Å². The minimum absolute atomic E-state index is 0.448. The van der Waals surface area contributed by atoms with Crippen LogP contribution in [0.3, 0.4) is 0 Å². The second-order valence-corrected chi connectivity index (χ2v) is 1.35. The van der Waals surface area contributed by atoms with E-state index in [1.807, 2.05) is 0 Å². The van der Waals surface area contributed by atoms with E-state index in [2.05, 4.69) is 11.2 Å². The maximum absolute atomic E-state index is 9.74. The van der Waals surface area contributed by atoms with Gasteiger partial charge in [0.15, 0.2) is 0 Å². The predicted molar refractivity (Wildman–Crippen MR) is 30.7 cm³/mol. The molecule has 0 aliphatic carbocycles. The first-order valence-electron chi connectivity index (χ1n) is 2.23. The Morgan fingerprint density at radius 2 is 2.00 bits per heavy atom. The molecule has 0 fully saturated rings. The average molecular weight is 106 g/mol. The van der Waals surface area contributed by atoms with E-state index in [1.165, 1.54) is 0 Å². The Morgan fingerprint density at radius 1 is 1.38 bits per heavy atom. The highest BCUT2D eigenvalue weighted by molar-refractivity contribution is 5.34. The SMILES string of the molecule is O=Nc1cc[c]cc1. The number of nitroso groups, excluding NO2 is 1. The number of hydrogen-bond donors (Lipinski definition) is 0. The summed E-state index contributed by atoms with van der Waals surface area (Å²) < 4.78 is 0. The molecule has 0 spiro atoms. The lowest BCUT2D eigenvalue weighted by Crippen LogP contribution is -1.57. The molecular weight excluding hydrogens is 102 g/mol. The van der Waals surface area contributed by atoms with Crippen molar-refractivity contribution in [2.24, 2.45) is 5.18 Å². The lowest BCUT2D eigenvalue weighted by molar-refractivity contribution is 1.50. The van der Waals surface area contributed by atoms with Crippen LogP contribution < -0.4 is 0 Å². The summed E-state index contributed by atoms with van der Waals surface area (Å²) in [5, 5.41) is 2.70. The summed E-state index contributed by atoms with van der Waals surface area (Å²) in [6.45, 7) is 0. The van der Waals surface area contributed by atoms with Crippen LogP contribution in [-0.4, -0.2) is 0 Å². The van der Waals surface area contributed by atoms with Crippen molar-refractivity contribution in [1.29, 1.82) is 0 Å². The van der Waals surface area contributed by atoms with Crippen LogP contribution in [0.4, 0.5) is 5.69 Å². The average Bonchev–Trinajstić information content (AvgIpc) is 1.90. The fourth-order valence-electron chi connectivity index (χ4n) is 0.439. The lowest BCUT2D eigenvalue weighted by Gasteiger charge is -1.79. The summed E-state index contributed by atoms with van der Waals surface area (Å²) in [7, 11) is 0. The first-order valence-corrected chi connectivity index (χ1v) is 2.23. The van der Waals surface area contributed by atoms with E-state index in [1.54, 1.807) is 24.3 Å². The molecule has 1 rings (SSSR count). The van der Waals surface area contributed by atoms with E-state index < -0.39 is 0 Å². The van der Waals surface area contributed by atoms with Crippen LogP contribution in [0, 0.1) is 11.0 Å². The molecule has 0 aromatic heterocycles. The highest BCUT2D eigenvalue weighted by atomic mass is 16.3. The molecule has 0 aliphatic rings. The smallest absolute Gasteiger partial charge is 0.108 e. The Kier molecular flexibility index (Phi) is 1.37. The summed E-state index contributed by atoms with van der Waals surface area (Å²) in [6.07, 6.45) is 0.